The molecule has 35 heavy (non-hydrogen) atoms. The molecule has 0 bridgehead atoms. The SMILES string of the molecule is COC(OC)C(/C=N/Nc1ccc([N+](=O)[O-])cc1[N+](=O)[O-])=N\Nc1ccc([N+](=O)[O-])cc1[N+](=O)[O-]. The van der Waals surface area contributed by atoms with Crippen molar-refractivity contribution in [2.75, 3.05) is 25.1 Å². The molecule has 0 fully saturated rings. The van der Waals surface area contributed by atoms with Gasteiger partial charge in [-0.3, -0.25) is 51.3 Å². The lowest BCUT2D eigenvalue weighted by Gasteiger charge is -2.13. The zero-order chi connectivity index (χ0) is 26.1. The molecule has 0 atom stereocenters. The normalized spacial score (nSPS) is 11.5. The zero-order valence-corrected chi connectivity index (χ0v) is 17.9. The van der Waals surface area contributed by atoms with Crippen LogP contribution in [0.2, 0.25) is 0 Å². The molecule has 0 aliphatic heterocycles. The van der Waals surface area contributed by atoms with E-state index < -0.39 is 48.7 Å². The summed E-state index contributed by atoms with van der Waals surface area (Å²) in [6, 6.07) is 5.69. The molecule has 0 saturated heterocycles. The summed E-state index contributed by atoms with van der Waals surface area (Å²) in [6.07, 6.45) is -0.149. The smallest absolute Gasteiger partial charge is 0.301 e. The summed E-state index contributed by atoms with van der Waals surface area (Å²) in [6.45, 7) is 0. The number of ether oxygens (including phenoxy) is 2. The fourth-order valence-corrected chi connectivity index (χ4v) is 2.53. The lowest BCUT2D eigenvalue weighted by molar-refractivity contribution is -0.393. The fraction of sp³-hybridized carbons (Fsp3) is 0.176. The Morgan fingerprint density at radius 2 is 1.26 bits per heavy atom. The van der Waals surface area contributed by atoms with Gasteiger partial charge in [-0.1, -0.05) is 0 Å². The van der Waals surface area contributed by atoms with Crippen molar-refractivity contribution < 1.29 is 29.2 Å². The van der Waals surface area contributed by atoms with E-state index in [1.54, 1.807) is 0 Å². The first-order valence-corrected chi connectivity index (χ1v) is 9.13. The molecule has 0 aromatic heterocycles. The molecule has 0 spiro atoms. The number of non-ortho nitro benzene ring substituents is 2. The molecule has 0 aliphatic rings. The number of anilines is 2. The zero-order valence-electron chi connectivity index (χ0n) is 17.9. The summed E-state index contributed by atoms with van der Waals surface area (Å²) in [4.78, 5) is 40.9. The quantitative estimate of drug-likeness (QED) is 0.188. The van der Waals surface area contributed by atoms with Gasteiger partial charge in [0.25, 0.3) is 11.4 Å². The second-order valence-electron chi connectivity index (χ2n) is 6.25. The van der Waals surface area contributed by atoms with Crippen molar-refractivity contribution in [1.82, 2.24) is 0 Å². The summed E-state index contributed by atoms with van der Waals surface area (Å²) < 4.78 is 10.1. The van der Waals surface area contributed by atoms with E-state index in [2.05, 4.69) is 21.1 Å². The highest BCUT2D eigenvalue weighted by atomic mass is 16.7. The van der Waals surface area contributed by atoms with Gasteiger partial charge in [0.1, 0.15) is 17.1 Å². The molecular weight excluding hydrogens is 476 g/mol. The number of nitro groups is 4. The Morgan fingerprint density at radius 3 is 1.66 bits per heavy atom. The minimum absolute atomic E-state index is 0.111. The van der Waals surface area contributed by atoms with Crippen LogP contribution in [0.5, 0.6) is 0 Å². The van der Waals surface area contributed by atoms with Crippen LogP contribution in [-0.2, 0) is 9.47 Å². The number of nitro benzene ring substituents is 4. The maximum absolute atomic E-state index is 11.3. The molecule has 2 rings (SSSR count). The van der Waals surface area contributed by atoms with Gasteiger partial charge in [-0.15, -0.1) is 0 Å². The summed E-state index contributed by atoms with van der Waals surface area (Å²) in [5, 5.41) is 51.9. The maximum atomic E-state index is 11.3. The van der Waals surface area contributed by atoms with Crippen LogP contribution in [-0.4, -0.2) is 52.1 Å². The molecule has 2 aromatic carbocycles. The van der Waals surface area contributed by atoms with Gasteiger partial charge in [-0.2, -0.15) is 10.2 Å². The molecule has 2 aromatic rings. The average molecular weight is 492 g/mol. The predicted molar refractivity (Wildman–Crippen MR) is 120 cm³/mol. The van der Waals surface area contributed by atoms with Crippen LogP contribution in [0, 0.1) is 40.5 Å². The van der Waals surface area contributed by atoms with E-state index in [4.69, 9.17) is 9.47 Å². The molecule has 0 amide bonds. The van der Waals surface area contributed by atoms with Crippen molar-refractivity contribution >= 4 is 46.1 Å². The topological polar surface area (TPSA) is 240 Å². The van der Waals surface area contributed by atoms with Crippen LogP contribution >= 0.6 is 0 Å². The monoisotopic (exact) mass is 492 g/mol. The van der Waals surface area contributed by atoms with Gasteiger partial charge in [-0.05, 0) is 12.1 Å². The molecular formula is C17H16N8O10. The van der Waals surface area contributed by atoms with Crippen molar-refractivity contribution in [1.29, 1.82) is 0 Å². The lowest BCUT2D eigenvalue weighted by atomic mass is 10.2. The van der Waals surface area contributed by atoms with Crippen molar-refractivity contribution in [2.24, 2.45) is 10.2 Å². The summed E-state index contributed by atoms with van der Waals surface area (Å²) in [5.41, 5.74) is 1.97. The van der Waals surface area contributed by atoms with Gasteiger partial charge >= 0.3 is 11.4 Å². The summed E-state index contributed by atoms with van der Waals surface area (Å²) in [7, 11) is 2.50. The molecule has 18 nitrogen and oxygen atoms in total. The third-order valence-corrected chi connectivity index (χ3v) is 4.13. The third kappa shape index (κ3) is 6.69. The molecule has 0 heterocycles. The molecule has 184 valence electrons. The number of nitrogens with one attached hydrogen (secondary N) is 2. The number of methoxy groups -OCH3 is 2. The molecule has 0 radical (unpaired) electrons. The van der Waals surface area contributed by atoms with Crippen LogP contribution in [0.3, 0.4) is 0 Å². The summed E-state index contributed by atoms with van der Waals surface area (Å²) >= 11 is 0. The first-order valence-electron chi connectivity index (χ1n) is 9.13. The van der Waals surface area contributed by atoms with E-state index >= 15 is 0 Å². The molecule has 2 N–H and O–H groups in total. The van der Waals surface area contributed by atoms with E-state index in [-0.39, 0.29) is 17.1 Å². The molecule has 0 saturated carbocycles. The maximum Gasteiger partial charge on any atom is 0.301 e. The minimum atomic E-state index is -1.16. The largest absolute Gasteiger partial charge is 0.350 e. The Hall–Kier alpha value is -5.10. The Labute approximate surface area is 194 Å². The van der Waals surface area contributed by atoms with Crippen molar-refractivity contribution in [3.63, 3.8) is 0 Å². The first-order chi connectivity index (χ1) is 16.6. The Balaban J connectivity index is 2.36. The molecule has 0 unspecified atom stereocenters. The Morgan fingerprint density at radius 1 is 0.800 bits per heavy atom. The van der Waals surface area contributed by atoms with Gasteiger partial charge in [0.05, 0.1) is 38.0 Å². The Bertz CT molecular complexity index is 1210. The second kappa shape index (κ2) is 11.7. The van der Waals surface area contributed by atoms with Crippen molar-refractivity contribution in [3.8, 4) is 0 Å². The van der Waals surface area contributed by atoms with E-state index in [1.165, 1.54) is 14.2 Å². The average Bonchev–Trinajstić information content (AvgIpc) is 2.82. The number of hydrogen-bond acceptors (Lipinski definition) is 14. The number of hydrazone groups is 2. The number of hydrogen-bond donors (Lipinski definition) is 2. The minimum Gasteiger partial charge on any atom is -0.350 e. The summed E-state index contributed by atoms with van der Waals surface area (Å²) in [5.74, 6) is 0. The number of rotatable bonds is 12. The highest BCUT2D eigenvalue weighted by molar-refractivity contribution is 6.32. The number of nitrogens with zero attached hydrogens (tertiary/aromatic N) is 6. The second-order valence-corrected chi connectivity index (χ2v) is 6.25. The van der Waals surface area contributed by atoms with Crippen LogP contribution in [0.4, 0.5) is 34.1 Å². The number of benzene rings is 2. The first kappa shape index (κ1) is 26.2. The van der Waals surface area contributed by atoms with Crippen molar-refractivity contribution in [2.45, 2.75) is 6.29 Å². The Kier molecular flexibility index (Phi) is 8.72. The van der Waals surface area contributed by atoms with Crippen LogP contribution in [0.25, 0.3) is 0 Å². The highest BCUT2D eigenvalue weighted by Crippen LogP contribution is 2.30. The van der Waals surface area contributed by atoms with Crippen LogP contribution in [0.1, 0.15) is 0 Å². The standard InChI is InChI=1S/C17H16N8O10/c1-34-17(35-2)14(21-20-13-6-4-11(23(28)29)8-16(13)25(32)33)9-18-19-12-5-3-10(22(26)27)7-15(12)24(30)31/h3-9,17,19-20H,1-2H3/b18-9+,21-14-. The molecule has 0 aliphatic carbocycles. The third-order valence-electron chi connectivity index (χ3n) is 4.13. The lowest BCUT2D eigenvalue weighted by Crippen LogP contribution is -2.27. The predicted octanol–water partition coefficient (Wildman–Crippen LogP) is 2.80. The van der Waals surface area contributed by atoms with E-state index in [9.17, 15) is 40.5 Å². The van der Waals surface area contributed by atoms with E-state index in [0.29, 0.717) is 0 Å². The van der Waals surface area contributed by atoms with Crippen molar-refractivity contribution in [3.05, 3.63) is 76.9 Å². The fourth-order valence-electron chi connectivity index (χ4n) is 2.53. The van der Waals surface area contributed by atoms with Crippen LogP contribution < -0.4 is 10.9 Å². The van der Waals surface area contributed by atoms with E-state index in [0.717, 1.165) is 42.6 Å². The molecule has 18 heteroatoms. The van der Waals surface area contributed by atoms with E-state index in [1.807, 2.05) is 0 Å². The van der Waals surface area contributed by atoms with Gasteiger partial charge in [0.15, 0.2) is 0 Å². The van der Waals surface area contributed by atoms with Gasteiger partial charge in [0, 0.05) is 26.4 Å². The van der Waals surface area contributed by atoms with Gasteiger partial charge in [-0.25, -0.2) is 0 Å². The highest BCUT2D eigenvalue weighted by Gasteiger charge is 2.21. The van der Waals surface area contributed by atoms with Gasteiger partial charge in [0.2, 0.25) is 6.29 Å². The van der Waals surface area contributed by atoms with Gasteiger partial charge < -0.3 is 9.47 Å². The van der Waals surface area contributed by atoms with Crippen LogP contribution in [0.15, 0.2) is 46.6 Å².